The fourth-order valence-electron chi connectivity index (χ4n) is 1.49. The van der Waals surface area contributed by atoms with Crippen LogP contribution in [0.3, 0.4) is 0 Å². The third-order valence-electron chi connectivity index (χ3n) is 2.39. The molecule has 1 aromatic rings. The van der Waals surface area contributed by atoms with Gasteiger partial charge in [-0.2, -0.15) is 0 Å². The number of Topliss-reactive ketones (excluding diaryl/α,β-unsaturated/α-hetero) is 1. The molecule has 0 unspecified atom stereocenters. The average molecular weight is 221 g/mol. The summed E-state index contributed by atoms with van der Waals surface area (Å²) in [6.07, 6.45) is 2.54. The van der Waals surface area contributed by atoms with Crippen LogP contribution in [0, 0.1) is 0 Å². The van der Waals surface area contributed by atoms with Crippen molar-refractivity contribution in [2.24, 2.45) is 0 Å². The number of ether oxygens (including phenoxy) is 1. The second-order valence-corrected chi connectivity index (χ2v) is 3.71. The number of carbonyl (C=O) groups is 1. The van der Waals surface area contributed by atoms with Gasteiger partial charge in [-0.05, 0) is 31.5 Å². The van der Waals surface area contributed by atoms with Crippen LogP contribution in [0.4, 0.5) is 5.69 Å². The Bertz CT molecular complexity index is 361. The predicted octanol–water partition coefficient (Wildman–Crippen LogP) is 3.04. The smallest absolute Gasteiger partial charge is 0.162 e. The minimum atomic E-state index is 0.150. The van der Waals surface area contributed by atoms with Crippen LogP contribution < -0.4 is 10.5 Å². The van der Waals surface area contributed by atoms with Gasteiger partial charge in [0.25, 0.3) is 0 Å². The number of carbonyl (C=O) groups excluding carboxylic acids is 1. The molecule has 0 aliphatic rings. The van der Waals surface area contributed by atoms with Gasteiger partial charge in [0.05, 0.1) is 12.3 Å². The summed E-state index contributed by atoms with van der Waals surface area (Å²) in [6.45, 7) is 4.55. The summed E-state index contributed by atoms with van der Waals surface area (Å²) in [5.41, 5.74) is 7.00. The minimum absolute atomic E-state index is 0.150. The standard InChI is InChI=1S/C13H19NO2/c1-3-5-6-12(15)10-7-8-13(16-4-2)11(14)9-10/h7-9H,3-6,14H2,1-2H3. The molecule has 1 rings (SSSR count). The maximum atomic E-state index is 11.7. The molecule has 16 heavy (non-hydrogen) atoms. The van der Waals surface area contributed by atoms with Crippen LogP contribution in [0.25, 0.3) is 0 Å². The molecule has 0 atom stereocenters. The molecule has 1 aromatic carbocycles. The van der Waals surface area contributed by atoms with Gasteiger partial charge in [0.15, 0.2) is 5.78 Å². The van der Waals surface area contributed by atoms with Gasteiger partial charge in [-0.1, -0.05) is 13.3 Å². The van der Waals surface area contributed by atoms with Crippen molar-refractivity contribution in [1.82, 2.24) is 0 Å². The van der Waals surface area contributed by atoms with Crippen LogP contribution in [-0.4, -0.2) is 12.4 Å². The molecule has 3 heteroatoms. The summed E-state index contributed by atoms with van der Waals surface area (Å²) in [5.74, 6) is 0.797. The lowest BCUT2D eigenvalue weighted by molar-refractivity contribution is 0.0980. The minimum Gasteiger partial charge on any atom is -0.492 e. The Morgan fingerprint density at radius 2 is 2.12 bits per heavy atom. The van der Waals surface area contributed by atoms with E-state index < -0.39 is 0 Å². The van der Waals surface area contributed by atoms with E-state index in [1.54, 1.807) is 18.2 Å². The van der Waals surface area contributed by atoms with E-state index in [0.717, 1.165) is 12.8 Å². The molecule has 0 bridgehead atoms. The monoisotopic (exact) mass is 221 g/mol. The first-order valence-corrected chi connectivity index (χ1v) is 5.74. The second-order valence-electron chi connectivity index (χ2n) is 3.71. The van der Waals surface area contributed by atoms with Crippen LogP contribution in [-0.2, 0) is 0 Å². The van der Waals surface area contributed by atoms with Gasteiger partial charge in [-0.3, -0.25) is 4.79 Å². The van der Waals surface area contributed by atoms with Gasteiger partial charge in [0, 0.05) is 12.0 Å². The van der Waals surface area contributed by atoms with Gasteiger partial charge in [0.1, 0.15) is 5.75 Å². The molecule has 0 radical (unpaired) electrons. The van der Waals surface area contributed by atoms with Crippen molar-refractivity contribution in [3.8, 4) is 5.75 Å². The number of nitrogen functional groups attached to an aromatic ring is 1. The van der Waals surface area contributed by atoms with E-state index in [-0.39, 0.29) is 5.78 Å². The zero-order valence-electron chi connectivity index (χ0n) is 9.95. The molecule has 3 nitrogen and oxygen atoms in total. The molecule has 88 valence electrons. The molecule has 0 saturated heterocycles. The summed E-state index contributed by atoms with van der Waals surface area (Å²) in [5, 5.41) is 0. The molecule has 0 spiro atoms. The zero-order chi connectivity index (χ0) is 12.0. The molecule has 0 heterocycles. The number of nitrogens with two attached hydrogens (primary N) is 1. The predicted molar refractivity (Wildman–Crippen MR) is 65.9 cm³/mol. The van der Waals surface area contributed by atoms with Crippen LogP contribution in [0.5, 0.6) is 5.75 Å². The molecule has 0 fully saturated rings. The van der Waals surface area contributed by atoms with Crippen LogP contribution >= 0.6 is 0 Å². The fraction of sp³-hybridized carbons (Fsp3) is 0.462. The molecule has 2 N–H and O–H groups in total. The van der Waals surface area contributed by atoms with Crippen molar-refractivity contribution in [2.45, 2.75) is 33.1 Å². The van der Waals surface area contributed by atoms with Crippen molar-refractivity contribution in [2.75, 3.05) is 12.3 Å². The van der Waals surface area contributed by atoms with Gasteiger partial charge >= 0.3 is 0 Å². The molecule has 0 aliphatic carbocycles. The van der Waals surface area contributed by atoms with Gasteiger partial charge in [0.2, 0.25) is 0 Å². The van der Waals surface area contributed by atoms with Crippen molar-refractivity contribution in [3.05, 3.63) is 23.8 Å². The largest absolute Gasteiger partial charge is 0.492 e. The lowest BCUT2D eigenvalue weighted by Crippen LogP contribution is -2.02. The topological polar surface area (TPSA) is 52.3 Å². The number of anilines is 1. The number of ketones is 1. The lowest BCUT2D eigenvalue weighted by atomic mass is 10.0. The van der Waals surface area contributed by atoms with E-state index in [0.29, 0.717) is 30.0 Å². The van der Waals surface area contributed by atoms with Crippen molar-refractivity contribution in [3.63, 3.8) is 0 Å². The van der Waals surface area contributed by atoms with E-state index in [4.69, 9.17) is 10.5 Å². The molecule has 0 amide bonds. The molecule has 0 aliphatic heterocycles. The molecular formula is C13H19NO2. The highest BCUT2D eigenvalue weighted by atomic mass is 16.5. The van der Waals surface area contributed by atoms with Crippen molar-refractivity contribution < 1.29 is 9.53 Å². The third-order valence-corrected chi connectivity index (χ3v) is 2.39. The number of rotatable bonds is 6. The van der Waals surface area contributed by atoms with Gasteiger partial charge in [-0.15, -0.1) is 0 Å². The van der Waals surface area contributed by atoms with Gasteiger partial charge < -0.3 is 10.5 Å². The summed E-state index contributed by atoms with van der Waals surface area (Å²) in [6, 6.07) is 5.24. The summed E-state index contributed by atoms with van der Waals surface area (Å²) in [4.78, 5) is 11.7. The SMILES string of the molecule is CCCCC(=O)c1ccc(OCC)c(N)c1. The lowest BCUT2D eigenvalue weighted by Gasteiger charge is -2.08. The summed E-state index contributed by atoms with van der Waals surface area (Å²) >= 11 is 0. The molecule has 0 aromatic heterocycles. The highest BCUT2D eigenvalue weighted by Gasteiger charge is 2.08. The van der Waals surface area contributed by atoms with E-state index in [2.05, 4.69) is 6.92 Å². The Kier molecular flexibility index (Phi) is 4.83. The maximum Gasteiger partial charge on any atom is 0.162 e. The van der Waals surface area contributed by atoms with Crippen LogP contribution in [0.2, 0.25) is 0 Å². The number of unbranched alkanes of at least 4 members (excludes halogenated alkanes) is 1. The zero-order valence-corrected chi connectivity index (χ0v) is 9.95. The normalized spacial score (nSPS) is 10.1. The first-order valence-electron chi connectivity index (χ1n) is 5.74. The Morgan fingerprint density at radius 3 is 2.69 bits per heavy atom. The molecule has 0 saturated carbocycles. The number of hydrogen-bond acceptors (Lipinski definition) is 3. The van der Waals surface area contributed by atoms with E-state index in [1.165, 1.54) is 0 Å². The van der Waals surface area contributed by atoms with Gasteiger partial charge in [-0.25, -0.2) is 0 Å². The molecular weight excluding hydrogens is 202 g/mol. The Morgan fingerprint density at radius 1 is 1.38 bits per heavy atom. The van der Waals surface area contributed by atoms with E-state index >= 15 is 0 Å². The van der Waals surface area contributed by atoms with E-state index in [9.17, 15) is 4.79 Å². The number of hydrogen-bond donors (Lipinski definition) is 1. The highest BCUT2D eigenvalue weighted by molar-refractivity contribution is 5.97. The Hall–Kier alpha value is -1.51. The summed E-state index contributed by atoms with van der Waals surface area (Å²) in [7, 11) is 0. The van der Waals surface area contributed by atoms with Crippen molar-refractivity contribution >= 4 is 11.5 Å². The Labute approximate surface area is 96.6 Å². The fourth-order valence-corrected chi connectivity index (χ4v) is 1.49. The highest BCUT2D eigenvalue weighted by Crippen LogP contribution is 2.23. The van der Waals surface area contributed by atoms with Crippen molar-refractivity contribution in [1.29, 1.82) is 0 Å². The first kappa shape index (κ1) is 12.6. The maximum absolute atomic E-state index is 11.7. The summed E-state index contributed by atoms with van der Waals surface area (Å²) < 4.78 is 5.32. The number of benzene rings is 1. The third kappa shape index (κ3) is 3.26. The average Bonchev–Trinajstić information content (AvgIpc) is 2.29. The first-order chi connectivity index (χ1) is 7.69. The second kappa shape index (κ2) is 6.16. The van der Waals surface area contributed by atoms with Crippen LogP contribution in [0.15, 0.2) is 18.2 Å². The quantitative estimate of drug-likeness (QED) is 0.593. The van der Waals surface area contributed by atoms with Crippen LogP contribution in [0.1, 0.15) is 43.5 Å². The van der Waals surface area contributed by atoms with E-state index in [1.807, 2.05) is 6.92 Å². The Balaban J connectivity index is 2.76.